The van der Waals surface area contributed by atoms with Crippen LogP contribution in [0.15, 0.2) is 35.7 Å². The highest BCUT2D eigenvalue weighted by Gasteiger charge is 2.07. The van der Waals surface area contributed by atoms with Gasteiger partial charge >= 0.3 is 0 Å². The largest absolute Gasteiger partial charge is 0.494 e. The number of benzene rings is 1. The highest BCUT2D eigenvalue weighted by molar-refractivity contribution is 7.09. The molecule has 4 nitrogen and oxygen atoms in total. The van der Waals surface area contributed by atoms with Gasteiger partial charge in [0, 0.05) is 10.9 Å². The Morgan fingerprint density at radius 1 is 1.40 bits per heavy atom. The third-order valence-corrected chi connectivity index (χ3v) is 3.41. The number of ether oxygens (including phenoxy) is 2. The molecular weight excluding hydrogens is 281 g/mol. The molecule has 1 heterocycles. The van der Waals surface area contributed by atoms with Gasteiger partial charge in [-0.1, -0.05) is 6.07 Å². The van der Waals surface area contributed by atoms with Crippen LogP contribution in [-0.4, -0.2) is 19.6 Å². The summed E-state index contributed by atoms with van der Waals surface area (Å²) in [5.74, 6) is -0.354. The van der Waals surface area contributed by atoms with Crippen molar-refractivity contribution in [1.82, 2.24) is 5.32 Å². The van der Waals surface area contributed by atoms with Gasteiger partial charge in [-0.15, -0.1) is 11.3 Å². The lowest BCUT2D eigenvalue weighted by molar-refractivity contribution is -0.123. The van der Waals surface area contributed by atoms with Crippen LogP contribution in [0.1, 0.15) is 4.88 Å². The van der Waals surface area contributed by atoms with E-state index in [1.807, 2.05) is 17.5 Å². The average molecular weight is 295 g/mol. The van der Waals surface area contributed by atoms with E-state index in [-0.39, 0.29) is 24.0 Å². The lowest BCUT2D eigenvalue weighted by Crippen LogP contribution is -2.28. The van der Waals surface area contributed by atoms with E-state index in [1.165, 1.54) is 19.2 Å². The highest BCUT2D eigenvalue weighted by atomic mass is 32.1. The van der Waals surface area contributed by atoms with Gasteiger partial charge < -0.3 is 14.8 Å². The van der Waals surface area contributed by atoms with Crippen molar-refractivity contribution in [2.45, 2.75) is 6.54 Å². The Balaban J connectivity index is 1.79. The van der Waals surface area contributed by atoms with Crippen LogP contribution in [-0.2, 0) is 11.3 Å². The average Bonchev–Trinajstić information content (AvgIpc) is 2.96. The van der Waals surface area contributed by atoms with Crippen molar-refractivity contribution in [1.29, 1.82) is 0 Å². The zero-order valence-corrected chi connectivity index (χ0v) is 11.7. The fraction of sp³-hybridized carbons (Fsp3) is 0.214. The number of methoxy groups -OCH3 is 1. The first-order valence-electron chi connectivity index (χ1n) is 5.94. The maximum Gasteiger partial charge on any atom is 0.258 e. The molecule has 0 aliphatic heterocycles. The van der Waals surface area contributed by atoms with Crippen LogP contribution in [0.25, 0.3) is 0 Å². The van der Waals surface area contributed by atoms with E-state index in [4.69, 9.17) is 9.47 Å². The summed E-state index contributed by atoms with van der Waals surface area (Å²) in [6.07, 6.45) is 0. The topological polar surface area (TPSA) is 47.6 Å². The SMILES string of the molecule is COc1ccc(OCC(=O)NCc2cccs2)cc1F. The number of carbonyl (C=O) groups excluding carboxylic acids is 1. The van der Waals surface area contributed by atoms with Crippen LogP contribution in [0.2, 0.25) is 0 Å². The zero-order chi connectivity index (χ0) is 14.4. The van der Waals surface area contributed by atoms with Crippen molar-refractivity contribution in [3.63, 3.8) is 0 Å². The summed E-state index contributed by atoms with van der Waals surface area (Å²) < 4.78 is 23.4. The van der Waals surface area contributed by atoms with Gasteiger partial charge in [-0.3, -0.25) is 4.79 Å². The Labute approximate surface area is 120 Å². The number of nitrogens with one attached hydrogen (secondary N) is 1. The Bertz CT molecular complexity index is 572. The third kappa shape index (κ3) is 3.96. The molecule has 0 saturated heterocycles. The smallest absolute Gasteiger partial charge is 0.258 e. The predicted molar refractivity (Wildman–Crippen MR) is 74.6 cm³/mol. The molecule has 2 rings (SSSR count). The van der Waals surface area contributed by atoms with Crippen LogP contribution in [0.5, 0.6) is 11.5 Å². The van der Waals surface area contributed by atoms with Gasteiger partial charge in [0.15, 0.2) is 18.2 Å². The fourth-order valence-corrected chi connectivity index (χ4v) is 2.18. The van der Waals surface area contributed by atoms with Crippen molar-refractivity contribution in [2.24, 2.45) is 0 Å². The van der Waals surface area contributed by atoms with Gasteiger partial charge in [0.05, 0.1) is 13.7 Å². The number of thiophene rings is 1. The van der Waals surface area contributed by atoms with Crippen molar-refractivity contribution in [3.8, 4) is 11.5 Å². The molecule has 0 bridgehead atoms. The van der Waals surface area contributed by atoms with Gasteiger partial charge in [-0.25, -0.2) is 4.39 Å². The molecule has 1 aromatic carbocycles. The predicted octanol–water partition coefficient (Wildman–Crippen LogP) is 2.59. The number of carbonyl (C=O) groups is 1. The molecule has 0 atom stereocenters. The van der Waals surface area contributed by atoms with Crippen molar-refractivity contribution < 1.29 is 18.7 Å². The summed E-state index contributed by atoms with van der Waals surface area (Å²) in [7, 11) is 1.39. The molecule has 2 aromatic rings. The van der Waals surface area contributed by atoms with Crippen molar-refractivity contribution in [2.75, 3.05) is 13.7 Å². The second-order valence-electron chi connectivity index (χ2n) is 3.94. The highest BCUT2D eigenvalue weighted by Crippen LogP contribution is 2.22. The molecule has 0 saturated carbocycles. The van der Waals surface area contributed by atoms with Crippen LogP contribution in [0, 0.1) is 5.82 Å². The van der Waals surface area contributed by atoms with Gasteiger partial charge in [0.2, 0.25) is 0 Å². The Hall–Kier alpha value is -2.08. The first-order valence-corrected chi connectivity index (χ1v) is 6.82. The van der Waals surface area contributed by atoms with Crippen molar-refractivity contribution in [3.05, 3.63) is 46.4 Å². The lowest BCUT2D eigenvalue weighted by Gasteiger charge is -2.08. The Morgan fingerprint density at radius 3 is 2.90 bits per heavy atom. The van der Waals surface area contributed by atoms with E-state index in [2.05, 4.69) is 5.32 Å². The van der Waals surface area contributed by atoms with E-state index >= 15 is 0 Å². The normalized spacial score (nSPS) is 10.1. The number of halogens is 1. The summed E-state index contributed by atoms with van der Waals surface area (Å²) in [4.78, 5) is 12.6. The molecule has 106 valence electrons. The van der Waals surface area contributed by atoms with E-state index in [0.29, 0.717) is 6.54 Å². The monoisotopic (exact) mass is 295 g/mol. The molecule has 0 radical (unpaired) electrons. The van der Waals surface area contributed by atoms with Gasteiger partial charge in [-0.2, -0.15) is 0 Å². The first kappa shape index (κ1) is 14.3. The minimum absolute atomic E-state index is 0.138. The molecule has 0 unspecified atom stereocenters. The fourth-order valence-electron chi connectivity index (χ4n) is 1.54. The standard InChI is InChI=1S/C14H14FNO3S/c1-18-13-5-4-10(7-12(13)15)19-9-14(17)16-8-11-3-2-6-20-11/h2-7H,8-9H2,1H3,(H,16,17). The summed E-state index contributed by atoms with van der Waals surface area (Å²) in [6, 6.07) is 8.04. The maximum atomic E-state index is 13.4. The number of hydrogen-bond donors (Lipinski definition) is 1. The summed E-state index contributed by atoms with van der Waals surface area (Å²) in [6.45, 7) is 0.313. The molecular formula is C14H14FNO3S. The third-order valence-electron chi connectivity index (χ3n) is 2.53. The molecule has 0 fully saturated rings. The van der Waals surface area contributed by atoms with Crippen LogP contribution in [0.3, 0.4) is 0 Å². The molecule has 0 aliphatic rings. The maximum absolute atomic E-state index is 13.4. The van der Waals surface area contributed by atoms with Gasteiger partial charge in [-0.05, 0) is 23.6 Å². The van der Waals surface area contributed by atoms with Crippen LogP contribution >= 0.6 is 11.3 Å². The molecule has 1 aromatic heterocycles. The number of hydrogen-bond acceptors (Lipinski definition) is 4. The zero-order valence-electron chi connectivity index (χ0n) is 10.9. The first-order chi connectivity index (χ1) is 9.69. The minimum atomic E-state index is -0.524. The van der Waals surface area contributed by atoms with E-state index in [1.54, 1.807) is 17.4 Å². The molecule has 1 amide bonds. The lowest BCUT2D eigenvalue weighted by atomic mass is 10.3. The molecule has 0 aliphatic carbocycles. The van der Waals surface area contributed by atoms with Gasteiger partial charge in [0.1, 0.15) is 5.75 Å². The minimum Gasteiger partial charge on any atom is -0.494 e. The Morgan fingerprint density at radius 2 is 2.25 bits per heavy atom. The van der Waals surface area contributed by atoms with Gasteiger partial charge in [0.25, 0.3) is 5.91 Å². The molecule has 6 heteroatoms. The second-order valence-corrected chi connectivity index (χ2v) is 4.97. The summed E-state index contributed by atoms with van der Waals surface area (Å²) in [5, 5.41) is 4.66. The quantitative estimate of drug-likeness (QED) is 0.891. The molecule has 20 heavy (non-hydrogen) atoms. The van der Waals surface area contributed by atoms with E-state index < -0.39 is 5.82 Å². The van der Waals surface area contributed by atoms with E-state index in [9.17, 15) is 9.18 Å². The van der Waals surface area contributed by atoms with Crippen molar-refractivity contribution >= 4 is 17.2 Å². The molecule has 0 spiro atoms. The summed E-state index contributed by atoms with van der Waals surface area (Å²) >= 11 is 1.57. The Kier molecular flexibility index (Phi) is 4.95. The van der Waals surface area contributed by atoms with E-state index in [0.717, 1.165) is 4.88 Å². The van der Waals surface area contributed by atoms with Crippen LogP contribution < -0.4 is 14.8 Å². The van der Waals surface area contributed by atoms with Crippen LogP contribution in [0.4, 0.5) is 4.39 Å². The summed E-state index contributed by atoms with van der Waals surface area (Å²) in [5.41, 5.74) is 0. The second kappa shape index (κ2) is 6.91. The molecule has 1 N–H and O–H groups in total. The number of rotatable bonds is 6. The number of amides is 1.